The second-order valence-electron chi connectivity index (χ2n) is 4.16. The minimum atomic E-state index is -1.23. The molecule has 1 atom stereocenters. The molecule has 0 aromatic heterocycles. The van der Waals surface area contributed by atoms with Crippen molar-refractivity contribution in [1.29, 1.82) is 0 Å². The molecule has 18 heavy (non-hydrogen) atoms. The smallest absolute Gasteiger partial charge is 0.326 e. The summed E-state index contributed by atoms with van der Waals surface area (Å²) in [5.74, 6) is -4.22. The van der Waals surface area contributed by atoms with Gasteiger partial charge in [0.15, 0.2) is 0 Å². The summed E-state index contributed by atoms with van der Waals surface area (Å²) in [5.41, 5.74) is -0.512. The van der Waals surface area contributed by atoms with Gasteiger partial charge < -0.3 is 10.4 Å². The number of carboxylic acids is 1. The van der Waals surface area contributed by atoms with Crippen LogP contribution < -0.4 is 5.32 Å². The molecule has 0 aliphatic rings. The molecule has 0 aliphatic carbocycles. The number of aliphatic carboxylic acids is 1. The quantitative estimate of drug-likeness (QED) is 0.864. The Morgan fingerprint density at radius 3 is 2.39 bits per heavy atom. The second kappa shape index (κ2) is 5.57. The SMILES string of the molecule is CC(C)[C@@H](NC(=O)c1cc(F)ccc1F)C(=O)O. The van der Waals surface area contributed by atoms with Gasteiger partial charge in [0, 0.05) is 0 Å². The molecule has 0 unspecified atom stereocenters. The minimum Gasteiger partial charge on any atom is -0.480 e. The highest BCUT2D eigenvalue weighted by molar-refractivity contribution is 5.96. The molecule has 0 saturated heterocycles. The Bertz CT molecular complexity index is 474. The monoisotopic (exact) mass is 257 g/mol. The summed E-state index contributed by atoms with van der Waals surface area (Å²) < 4.78 is 26.2. The molecule has 0 aliphatic heterocycles. The van der Waals surface area contributed by atoms with Crippen LogP contribution in [-0.2, 0) is 4.79 Å². The molecule has 98 valence electrons. The number of nitrogens with one attached hydrogen (secondary N) is 1. The number of benzene rings is 1. The standard InChI is InChI=1S/C12H13F2NO3/c1-6(2)10(12(17)18)15-11(16)8-5-7(13)3-4-9(8)14/h3-6,10H,1-2H3,(H,15,16)(H,17,18)/t10-/m1/s1. The molecule has 0 radical (unpaired) electrons. The Hall–Kier alpha value is -1.98. The van der Waals surface area contributed by atoms with E-state index < -0.39 is 35.1 Å². The zero-order valence-electron chi connectivity index (χ0n) is 9.91. The van der Waals surface area contributed by atoms with Crippen molar-refractivity contribution in [2.45, 2.75) is 19.9 Å². The van der Waals surface area contributed by atoms with E-state index in [2.05, 4.69) is 5.32 Å². The first-order valence-electron chi connectivity index (χ1n) is 5.31. The molecule has 6 heteroatoms. The first-order valence-corrected chi connectivity index (χ1v) is 5.31. The third kappa shape index (κ3) is 3.26. The minimum absolute atomic E-state index is 0.372. The van der Waals surface area contributed by atoms with Gasteiger partial charge in [-0.25, -0.2) is 13.6 Å². The molecule has 1 aromatic carbocycles. The lowest BCUT2D eigenvalue weighted by molar-refractivity contribution is -0.140. The number of rotatable bonds is 4. The van der Waals surface area contributed by atoms with Crippen molar-refractivity contribution in [3.05, 3.63) is 35.4 Å². The van der Waals surface area contributed by atoms with Crippen LogP contribution in [0.4, 0.5) is 8.78 Å². The second-order valence-corrected chi connectivity index (χ2v) is 4.16. The van der Waals surface area contributed by atoms with Crippen molar-refractivity contribution in [2.24, 2.45) is 5.92 Å². The zero-order chi connectivity index (χ0) is 13.9. The number of carbonyl (C=O) groups is 2. The number of carbonyl (C=O) groups excluding carboxylic acids is 1. The van der Waals surface area contributed by atoms with Gasteiger partial charge in [0.25, 0.3) is 5.91 Å². The lowest BCUT2D eigenvalue weighted by Crippen LogP contribution is -2.44. The maximum absolute atomic E-state index is 13.3. The van der Waals surface area contributed by atoms with Crippen LogP contribution in [0.1, 0.15) is 24.2 Å². The van der Waals surface area contributed by atoms with Crippen LogP contribution in [0.3, 0.4) is 0 Å². The average molecular weight is 257 g/mol. The Kier molecular flexibility index (Phi) is 4.36. The van der Waals surface area contributed by atoms with Gasteiger partial charge in [-0.05, 0) is 24.1 Å². The van der Waals surface area contributed by atoms with E-state index in [-0.39, 0.29) is 5.92 Å². The normalized spacial score (nSPS) is 12.3. The molecule has 0 saturated carbocycles. The van der Waals surface area contributed by atoms with Crippen LogP contribution in [0.5, 0.6) is 0 Å². The highest BCUT2D eigenvalue weighted by atomic mass is 19.1. The fraction of sp³-hybridized carbons (Fsp3) is 0.333. The first kappa shape index (κ1) is 14.1. The maximum atomic E-state index is 13.3. The molecule has 0 spiro atoms. The summed E-state index contributed by atoms with van der Waals surface area (Å²) in [7, 11) is 0. The first-order chi connectivity index (χ1) is 8.32. The zero-order valence-corrected chi connectivity index (χ0v) is 9.91. The molecular formula is C12H13F2NO3. The third-order valence-corrected chi connectivity index (χ3v) is 2.39. The number of carboxylic acid groups (broad SMARTS) is 1. The number of hydrogen-bond donors (Lipinski definition) is 2. The predicted molar refractivity (Wildman–Crippen MR) is 60.1 cm³/mol. The van der Waals surface area contributed by atoms with Gasteiger partial charge in [0.1, 0.15) is 17.7 Å². The molecule has 1 rings (SSSR count). The summed E-state index contributed by atoms with van der Waals surface area (Å²) in [4.78, 5) is 22.5. The van der Waals surface area contributed by atoms with E-state index in [0.29, 0.717) is 0 Å². The van der Waals surface area contributed by atoms with Gasteiger partial charge >= 0.3 is 5.97 Å². The Morgan fingerprint density at radius 2 is 1.89 bits per heavy atom. The highest BCUT2D eigenvalue weighted by Crippen LogP contribution is 2.11. The largest absolute Gasteiger partial charge is 0.480 e. The van der Waals surface area contributed by atoms with E-state index in [1.807, 2.05) is 0 Å². The number of amides is 1. The van der Waals surface area contributed by atoms with E-state index in [1.165, 1.54) is 0 Å². The molecule has 4 nitrogen and oxygen atoms in total. The summed E-state index contributed by atoms with van der Waals surface area (Å²) in [6.07, 6.45) is 0. The van der Waals surface area contributed by atoms with E-state index in [1.54, 1.807) is 13.8 Å². The van der Waals surface area contributed by atoms with Crippen molar-refractivity contribution in [3.63, 3.8) is 0 Å². The fourth-order valence-electron chi connectivity index (χ4n) is 1.40. The van der Waals surface area contributed by atoms with Crippen LogP contribution >= 0.6 is 0 Å². The fourth-order valence-corrected chi connectivity index (χ4v) is 1.40. The molecule has 0 heterocycles. The molecular weight excluding hydrogens is 244 g/mol. The Morgan fingerprint density at radius 1 is 1.28 bits per heavy atom. The van der Waals surface area contributed by atoms with Crippen LogP contribution in [0.2, 0.25) is 0 Å². The van der Waals surface area contributed by atoms with Crippen LogP contribution in [0, 0.1) is 17.6 Å². The van der Waals surface area contributed by atoms with E-state index in [9.17, 15) is 18.4 Å². The average Bonchev–Trinajstić information content (AvgIpc) is 2.28. The van der Waals surface area contributed by atoms with E-state index in [0.717, 1.165) is 18.2 Å². The van der Waals surface area contributed by atoms with Gasteiger partial charge in [-0.3, -0.25) is 4.79 Å². The van der Waals surface area contributed by atoms with Gasteiger partial charge in [-0.2, -0.15) is 0 Å². The summed E-state index contributed by atoms with van der Waals surface area (Å²) in [6, 6.07) is 1.27. The van der Waals surface area contributed by atoms with Crippen molar-refractivity contribution < 1.29 is 23.5 Å². The molecule has 2 N–H and O–H groups in total. The third-order valence-electron chi connectivity index (χ3n) is 2.39. The van der Waals surface area contributed by atoms with Gasteiger partial charge in [-0.15, -0.1) is 0 Å². The maximum Gasteiger partial charge on any atom is 0.326 e. The van der Waals surface area contributed by atoms with Crippen LogP contribution in [-0.4, -0.2) is 23.0 Å². The molecule has 1 aromatic rings. The molecule has 1 amide bonds. The lowest BCUT2D eigenvalue weighted by atomic mass is 10.0. The van der Waals surface area contributed by atoms with Gasteiger partial charge in [-0.1, -0.05) is 13.8 Å². The Balaban J connectivity index is 2.94. The van der Waals surface area contributed by atoms with Gasteiger partial charge in [0.2, 0.25) is 0 Å². The van der Waals surface area contributed by atoms with E-state index in [4.69, 9.17) is 5.11 Å². The number of halogens is 2. The van der Waals surface area contributed by atoms with Crippen molar-refractivity contribution in [1.82, 2.24) is 5.32 Å². The highest BCUT2D eigenvalue weighted by Gasteiger charge is 2.25. The lowest BCUT2D eigenvalue weighted by Gasteiger charge is -2.18. The summed E-state index contributed by atoms with van der Waals surface area (Å²) >= 11 is 0. The van der Waals surface area contributed by atoms with Crippen molar-refractivity contribution >= 4 is 11.9 Å². The Labute approximate surface area is 103 Å². The summed E-state index contributed by atoms with van der Waals surface area (Å²) in [6.45, 7) is 3.20. The van der Waals surface area contributed by atoms with Crippen LogP contribution in [0.15, 0.2) is 18.2 Å². The van der Waals surface area contributed by atoms with E-state index >= 15 is 0 Å². The molecule has 0 bridgehead atoms. The topological polar surface area (TPSA) is 66.4 Å². The molecule has 0 fully saturated rings. The number of hydrogen-bond acceptors (Lipinski definition) is 2. The predicted octanol–water partition coefficient (Wildman–Crippen LogP) is 1.80. The van der Waals surface area contributed by atoms with Crippen molar-refractivity contribution in [3.8, 4) is 0 Å². The van der Waals surface area contributed by atoms with Gasteiger partial charge in [0.05, 0.1) is 5.56 Å². The summed E-state index contributed by atoms with van der Waals surface area (Å²) in [5, 5.41) is 11.0. The van der Waals surface area contributed by atoms with Crippen LogP contribution in [0.25, 0.3) is 0 Å². The van der Waals surface area contributed by atoms with Crippen molar-refractivity contribution in [2.75, 3.05) is 0 Å².